The molecule has 0 aliphatic carbocycles. The second kappa shape index (κ2) is 12.4. The summed E-state index contributed by atoms with van der Waals surface area (Å²) in [7, 11) is 0. The summed E-state index contributed by atoms with van der Waals surface area (Å²) in [5.74, 6) is 0.241. The van der Waals surface area contributed by atoms with Crippen molar-refractivity contribution in [3.8, 4) is 11.5 Å². The van der Waals surface area contributed by atoms with Crippen LogP contribution in [0.25, 0.3) is 0 Å². The standard InChI is InChI=1S/C32H35N7O5/c1-2-14-37-20-29(41)38-26(16-21-8-11-24(40)12-9-21)31(42)36(18-23-10-13-27-25(15-23)30(33)35-44-27)19-28(38)39(37)32(43)34-17-22-6-4-3-5-7-22/h2-13,15,26,28,30,35,40H,1,14,16-20,33H2,(H,34,43)/t26-,28-,30?/m0/s1. The van der Waals surface area contributed by atoms with E-state index in [9.17, 15) is 19.5 Å². The maximum atomic E-state index is 14.2. The van der Waals surface area contributed by atoms with Gasteiger partial charge in [-0.05, 0) is 41.0 Å². The molecule has 4 amide bonds. The topological polar surface area (TPSA) is 144 Å². The van der Waals surface area contributed by atoms with Crippen molar-refractivity contribution < 1.29 is 24.3 Å². The molecule has 1 unspecified atom stereocenters. The van der Waals surface area contributed by atoms with E-state index < -0.39 is 18.4 Å². The van der Waals surface area contributed by atoms with Crippen molar-refractivity contribution in [2.24, 2.45) is 5.73 Å². The lowest BCUT2D eigenvalue weighted by atomic mass is 9.98. The SMILES string of the molecule is C=CCN1CC(=O)N2[C@@H](Cc3ccc(O)cc3)C(=O)N(Cc3ccc4c(c3)C(N)NO4)C[C@@H]2N1C(=O)NCc1ccccc1. The van der Waals surface area contributed by atoms with Crippen LogP contribution in [0.5, 0.6) is 11.5 Å². The third kappa shape index (κ3) is 5.82. The van der Waals surface area contributed by atoms with Crippen LogP contribution in [0.3, 0.4) is 0 Å². The van der Waals surface area contributed by atoms with Crippen LogP contribution >= 0.6 is 0 Å². The molecule has 2 fully saturated rings. The molecular weight excluding hydrogens is 562 g/mol. The highest BCUT2D eigenvalue weighted by Gasteiger charge is 2.51. The van der Waals surface area contributed by atoms with Crippen molar-refractivity contribution in [3.63, 3.8) is 0 Å². The highest BCUT2D eigenvalue weighted by Crippen LogP contribution is 2.32. The van der Waals surface area contributed by atoms with Gasteiger partial charge in [-0.2, -0.15) is 0 Å². The van der Waals surface area contributed by atoms with E-state index in [0.29, 0.717) is 12.3 Å². The number of nitrogens with zero attached hydrogens (tertiary/aromatic N) is 4. The Labute approximate surface area is 255 Å². The molecule has 3 aliphatic rings. The maximum absolute atomic E-state index is 14.2. The highest BCUT2D eigenvalue weighted by atomic mass is 16.7. The van der Waals surface area contributed by atoms with Crippen LogP contribution in [0.2, 0.25) is 0 Å². The van der Waals surface area contributed by atoms with Crippen LogP contribution in [-0.4, -0.2) is 74.6 Å². The number of piperazine rings is 1. The third-order valence-electron chi connectivity index (χ3n) is 8.11. The number of urea groups is 1. The van der Waals surface area contributed by atoms with Gasteiger partial charge in [0.2, 0.25) is 11.8 Å². The van der Waals surface area contributed by atoms with E-state index in [4.69, 9.17) is 10.6 Å². The molecule has 0 radical (unpaired) electrons. The number of nitrogens with two attached hydrogens (primary N) is 1. The fourth-order valence-electron chi connectivity index (χ4n) is 6.00. The first-order chi connectivity index (χ1) is 21.3. The summed E-state index contributed by atoms with van der Waals surface area (Å²) in [6, 6.07) is 20.4. The van der Waals surface area contributed by atoms with Crippen molar-refractivity contribution in [3.05, 3.63) is 108 Å². The van der Waals surface area contributed by atoms with Crippen LogP contribution in [0, 0.1) is 0 Å². The Morgan fingerprint density at radius 1 is 1.07 bits per heavy atom. The fourth-order valence-corrected chi connectivity index (χ4v) is 6.00. The molecule has 0 bridgehead atoms. The third-order valence-corrected chi connectivity index (χ3v) is 8.11. The molecule has 0 aromatic heterocycles. The average Bonchev–Trinajstić information content (AvgIpc) is 3.39. The van der Waals surface area contributed by atoms with Gasteiger partial charge in [-0.1, -0.05) is 54.6 Å². The van der Waals surface area contributed by atoms with E-state index in [2.05, 4.69) is 17.4 Å². The van der Waals surface area contributed by atoms with Gasteiger partial charge >= 0.3 is 6.03 Å². The van der Waals surface area contributed by atoms with Crippen molar-refractivity contribution in [1.82, 2.24) is 30.6 Å². The Morgan fingerprint density at radius 3 is 2.57 bits per heavy atom. The second-order valence-electron chi connectivity index (χ2n) is 11.1. The van der Waals surface area contributed by atoms with Crippen LogP contribution in [0.15, 0.2) is 85.5 Å². The van der Waals surface area contributed by atoms with E-state index in [1.807, 2.05) is 42.5 Å². The molecule has 44 heavy (non-hydrogen) atoms. The Morgan fingerprint density at radius 2 is 1.82 bits per heavy atom. The molecule has 2 saturated heterocycles. The average molecular weight is 598 g/mol. The van der Waals surface area contributed by atoms with E-state index in [0.717, 1.165) is 22.3 Å². The summed E-state index contributed by atoms with van der Waals surface area (Å²) < 4.78 is 0. The lowest BCUT2D eigenvalue weighted by Gasteiger charge is -2.55. The van der Waals surface area contributed by atoms with E-state index in [1.54, 1.807) is 56.2 Å². The maximum Gasteiger partial charge on any atom is 0.334 e. The molecule has 3 aromatic carbocycles. The molecule has 3 atom stereocenters. The minimum Gasteiger partial charge on any atom is -0.508 e. The predicted octanol–water partition coefficient (Wildman–Crippen LogP) is 1.98. The number of aromatic hydroxyl groups is 1. The quantitative estimate of drug-likeness (QED) is 0.289. The van der Waals surface area contributed by atoms with Crippen molar-refractivity contribution in [2.45, 2.75) is 37.9 Å². The van der Waals surface area contributed by atoms with Gasteiger partial charge in [0.25, 0.3) is 0 Å². The van der Waals surface area contributed by atoms with Gasteiger partial charge in [-0.25, -0.2) is 14.8 Å². The van der Waals surface area contributed by atoms with Gasteiger partial charge in [0.15, 0.2) is 5.75 Å². The van der Waals surface area contributed by atoms with E-state index >= 15 is 0 Å². The fraction of sp³-hybridized carbons (Fsp3) is 0.281. The second-order valence-corrected chi connectivity index (χ2v) is 11.1. The summed E-state index contributed by atoms with van der Waals surface area (Å²) in [4.78, 5) is 50.4. The molecule has 3 aliphatic heterocycles. The van der Waals surface area contributed by atoms with Crippen LogP contribution in [-0.2, 0) is 29.1 Å². The number of carbonyl (C=O) groups is 3. The number of fused-ring (bicyclic) bond motifs is 2. The summed E-state index contributed by atoms with van der Waals surface area (Å²) in [6.45, 7) is 4.64. The molecule has 3 heterocycles. The number of rotatable bonds is 8. The zero-order valence-electron chi connectivity index (χ0n) is 24.1. The van der Waals surface area contributed by atoms with E-state index in [1.165, 1.54) is 0 Å². The number of phenols is 1. The number of hydroxylamine groups is 1. The van der Waals surface area contributed by atoms with Gasteiger partial charge in [-0.3, -0.25) is 9.59 Å². The summed E-state index contributed by atoms with van der Waals surface area (Å²) in [5.41, 5.74) is 12.2. The first-order valence-electron chi connectivity index (χ1n) is 14.5. The molecule has 5 N–H and O–H groups in total. The number of amides is 4. The Balaban J connectivity index is 1.34. The minimum absolute atomic E-state index is 0.0870. The summed E-state index contributed by atoms with van der Waals surface area (Å²) in [6.07, 6.45) is 0.593. The summed E-state index contributed by atoms with van der Waals surface area (Å²) >= 11 is 0. The molecule has 12 heteroatoms. The number of benzene rings is 3. The number of hydrogen-bond donors (Lipinski definition) is 4. The zero-order chi connectivity index (χ0) is 30.8. The number of hydrogen-bond acceptors (Lipinski definition) is 8. The first-order valence-corrected chi connectivity index (χ1v) is 14.5. The molecular formula is C32H35N7O5. The van der Waals surface area contributed by atoms with Gasteiger partial charge < -0.3 is 30.8 Å². The Hall–Kier alpha value is -4.91. The lowest BCUT2D eigenvalue weighted by molar-refractivity contribution is -0.189. The van der Waals surface area contributed by atoms with Crippen LogP contribution in [0.1, 0.15) is 28.4 Å². The zero-order valence-corrected chi connectivity index (χ0v) is 24.1. The van der Waals surface area contributed by atoms with Crippen molar-refractivity contribution in [1.29, 1.82) is 0 Å². The predicted molar refractivity (Wildman–Crippen MR) is 161 cm³/mol. The molecule has 6 rings (SSSR count). The molecule has 228 valence electrons. The Kier molecular flexibility index (Phi) is 8.20. The number of carbonyl (C=O) groups excluding carboxylic acids is 3. The number of phenolic OH excluding ortho intramolecular Hbond substituents is 1. The van der Waals surface area contributed by atoms with E-state index in [-0.39, 0.29) is 56.2 Å². The van der Waals surface area contributed by atoms with Crippen LogP contribution in [0.4, 0.5) is 4.79 Å². The van der Waals surface area contributed by atoms with Crippen LogP contribution < -0.4 is 21.4 Å². The minimum atomic E-state index is -0.872. The smallest absolute Gasteiger partial charge is 0.334 e. The molecule has 3 aromatic rings. The van der Waals surface area contributed by atoms with Gasteiger partial charge in [0, 0.05) is 31.6 Å². The van der Waals surface area contributed by atoms with Gasteiger partial charge in [-0.15, -0.1) is 12.1 Å². The largest absolute Gasteiger partial charge is 0.508 e. The summed E-state index contributed by atoms with van der Waals surface area (Å²) in [5, 5.41) is 16.0. The Bertz CT molecular complexity index is 1550. The number of nitrogens with one attached hydrogen (secondary N) is 2. The van der Waals surface area contributed by atoms with Gasteiger partial charge in [0.05, 0.1) is 13.1 Å². The molecule has 0 saturated carbocycles. The normalized spacial score (nSPS) is 21.5. The molecule has 0 spiro atoms. The monoisotopic (exact) mass is 597 g/mol. The van der Waals surface area contributed by atoms with Crippen molar-refractivity contribution >= 4 is 17.8 Å². The van der Waals surface area contributed by atoms with Gasteiger partial charge in [0.1, 0.15) is 24.1 Å². The molecule has 12 nitrogen and oxygen atoms in total. The number of hydrazine groups is 1. The van der Waals surface area contributed by atoms with Crippen molar-refractivity contribution in [2.75, 3.05) is 19.6 Å². The lowest BCUT2D eigenvalue weighted by Crippen LogP contribution is -2.76. The highest BCUT2D eigenvalue weighted by molar-refractivity contribution is 5.91. The first kappa shape index (κ1) is 29.2.